The number of halogens is 3. The van der Waals surface area contributed by atoms with Gasteiger partial charge in [-0.3, -0.25) is 19.4 Å². The first-order valence-corrected chi connectivity index (χ1v) is 16.0. The van der Waals surface area contributed by atoms with Crippen molar-refractivity contribution in [1.82, 2.24) is 24.9 Å². The van der Waals surface area contributed by atoms with Crippen LogP contribution in [0.3, 0.4) is 0 Å². The fourth-order valence-corrected chi connectivity index (χ4v) is 5.76. The lowest BCUT2D eigenvalue weighted by Gasteiger charge is -2.35. The van der Waals surface area contributed by atoms with E-state index in [-0.39, 0.29) is 30.5 Å². The molecular weight excluding hydrogens is 629 g/mol. The highest BCUT2D eigenvalue weighted by Crippen LogP contribution is 2.32. The molecule has 5 rings (SSSR count). The number of alkyl halides is 3. The number of nitrogens with zero attached hydrogens (tertiary/aromatic N) is 5. The number of nitrogens with one attached hydrogen (secondary N) is 1. The van der Waals surface area contributed by atoms with E-state index in [0.717, 1.165) is 44.3 Å². The zero-order valence-corrected chi connectivity index (χ0v) is 27.5. The molecular formula is C34H41F3N6O5. The summed E-state index contributed by atoms with van der Waals surface area (Å²) in [5, 5.41) is 7.15. The van der Waals surface area contributed by atoms with E-state index in [1.807, 2.05) is 45.0 Å². The molecule has 0 radical (unpaired) electrons. The molecule has 3 heterocycles. The normalized spacial score (nSPS) is 17.2. The largest absolute Gasteiger partial charge is 0.493 e. The van der Waals surface area contributed by atoms with Gasteiger partial charge in [0.15, 0.2) is 0 Å². The molecule has 0 spiro atoms. The Morgan fingerprint density at radius 3 is 2.44 bits per heavy atom. The molecule has 48 heavy (non-hydrogen) atoms. The molecule has 3 aromatic rings. The van der Waals surface area contributed by atoms with Crippen molar-refractivity contribution in [2.45, 2.75) is 58.4 Å². The Kier molecular flexibility index (Phi) is 10.3. The van der Waals surface area contributed by atoms with Gasteiger partial charge in [-0.15, -0.1) is 0 Å². The maximum Gasteiger partial charge on any atom is 0.416 e. The first-order chi connectivity index (χ1) is 22.7. The molecule has 1 saturated heterocycles. The van der Waals surface area contributed by atoms with Gasteiger partial charge in [0.05, 0.1) is 24.1 Å². The van der Waals surface area contributed by atoms with Crippen molar-refractivity contribution >= 4 is 23.7 Å². The van der Waals surface area contributed by atoms with Crippen molar-refractivity contribution in [2.75, 3.05) is 50.8 Å². The number of hydrogen-bond acceptors (Lipinski definition) is 7. The zero-order chi connectivity index (χ0) is 34.6. The van der Waals surface area contributed by atoms with Crippen LogP contribution < -0.4 is 15.0 Å². The smallest absolute Gasteiger partial charge is 0.416 e. The van der Waals surface area contributed by atoms with Crippen LogP contribution in [0.1, 0.15) is 55.6 Å². The fraction of sp³-hybridized carbons (Fsp3) is 0.471. The highest BCUT2D eigenvalue weighted by atomic mass is 19.4. The summed E-state index contributed by atoms with van der Waals surface area (Å²) in [7, 11) is 0. The average Bonchev–Trinajstić information content (AvgIpc) is 3.46. The Hall–Kier alpha value is -4.59. The SMILES string of the molecule is CCN1C(=O)C(NC(=O)c2cccc(C(F)(F)F)c2)Cc2cnn(-c3cccc(OCCCN4CCN(C(=O)OC(C)(C)C)CC4)c3)c21. The number of likely N-dealkylation sites (N-methyl/N-ethyl adjacent to an activating group) is 1. The van der Waals surface area contributed by atoms with Gasteiger partial charge >= 0.3 is 12.3 Å². The van der Waals surface area contributed by atoms with E-state index in [9.17, 15) is 27.6 Å². The fourth-order valence-electron chi connectivity index (χ4n) is 5.76. The van der Waals surface area contributed by atoms with Crippen molar-refractivity contribution in [3.8, 4) is 11.4 Å². The summed E-state index contributed by atoms with van der Waals surface area (Å²) < 4.78 is 52.7. The second-order valence-electron chi connectivity index (χ2n) is 12.8. The second kappa shape index (κ2) is 14.3. The molecule has 14 heteroatoms. The molecule has 2 aliphatic rings. The Balaban J connectivity index is 1.17. The van der Waals surface area contributed by atoms with E-state index >= 15 is 0 Å². The Labute approximate surface area is 277 Å². The summed E-state index contributed by atoms with van der Waals surface area (Å²) in [5.41, 5.74) is -0.242. The number of carbonyl (C=O) groups excluding carboxylic acids is 3. The van der Waals surface area contributed by atoms with Crippen LogP contribution in [0.5, 0.6) is 5.75 Å². The number of benzene rings is 2. The first-order valence-electron chi connectivity index (χ1n) is 16.0. The van der Waals surface area contributed by atoms with Gasteiger partial charge in [-0.2, -0.15) is 18.3 Å². The van der Waals surface area contributed by atoms with Crippen LogP contribution in [0.4, 0.5) is 23.8 Å². The molecule has 1 fully saturated rings. The van der Waals surface area contributed by atoms with E-state index in [2.05, 4.69) is 15.3 Å². The van der Waals surface area contributed by atoms with Crippen LogP contribution in [-0.2, 0) is 22.1 Å². The molecule has 2 aliphatic heterocycles. The number of hydrogen-bond donors (Lipinski definition) is 1. The minimum absolute atomic E-state index is 0.137. The number of amides is 3. The highest BCUT2D eigenvalue weighted by molar-refractivity contribution is 6.04. The molecule has 1 atom stereocenters. The van der Waals surface area contributed by atoms with E-state index in [1.165, 1.54) is 11.0 Å². The lowest BCUT2D eigenvalue weighted by molar-refractivity contribution is -0.137. The molecule has 0 aliphatic carbocycles. The quantitative estimate of drug-likeness (QED) is 0.322. The number of rotatable bonds is 9. The van der Waals surface area contributed by atoms with Crippen LogP contribution in [0.25, 0.3) is 5.69 Å². The third-order valence-corrected chi connectivity index (χ3v) is 8.11. The molecule has 11 nitrogen and oxygen atoms in total. The molecule has 2 aromatic carbocycles. The molecule has 1 N–H and O–H groups in total. The third-order valence-electron chi connectivity index (χ3n) is 8.11. The molecule has 0 saturated carbocycles. The Morgan fingerprint density at radius 1 is 1.02 bits per heavy atom. The van der Waals surface area contributed by atoms with Crippen LogP contribution in [0.15, 0.2) is 54.7 Å². The lowest BCUT2D eigenvalue weighted by atomic mass is 10.0. The summed E-state index contributed by atoms with van der Waals surface area (Å²) in [4.78, 5) is 44.2. The van der Waals surface area contributed by atoms with Gasteiger partial charge in [0, 0.05) is 62.9 Å². The maximum atomic E-state index is 13.5. The molecule has 1 aromatic heterocycles. The van der Waals surface area contributed by atoms with Gasteiger partial charge in [-0.1, -0.05) is 12.1 Å². The first kappa shape index (κ1) is 34.7. The number of ether oxygens (including phenoxy) is 2. The van der Waals surface area contributed by atoms with E-state index in [1.54, 1.807) is 22.7 Å². The van der Waals surface area contributed by atoms with Crippen LogP contribution in [0, 0.1) is 0 Å². The lowest BCUT2D eigenvalue weighted by Crippen LogP contribution is -2.53. The zero-order valence-electron chi connectivity index (χ0n) is 27.5. The van der Waals surface area contributed by atoms with Crippen LogP contribution in [0.2, 0.25) is 0 Å². The minimum Gasteiger partial charge on any atom is -0.493 e. The molecule has 1 unspecified atom stereocenters. The van der Waals surface area contributed by atoms with Crippen molar-refractivity contribution < 1.29 is 37.0 Å². The van der Waals surface area contributed by atoms with Gasteiger partial charge < -0.3 is 19.7 Å². The van der Waals surface area contributed by atoms with E-state index in [4.69, 9.17) is 9.47 Å². The number of fused-ring (bicyclic) bond motifs is 1. The number of piperazine rings is 1. The standard InChI is InChI=1S/C34H41F3N6O5/c1-5-42-30-24(20-28(31(42)45)39-29(44)23-9-6-10-25(19-23)34(35,36)37)22-38-43(30)26-11-7-12-27(21-26)47-18-8-13-40-14-16-41(17-15-40)32(46)48-33(2,3)4/h6-7,9-12,19,21-22,28H,5,8,13-18,20H2,1-4H3,(H,39,44). The van der Waals surface area contributed by atoms with Gasteiger partial charge in [0.25, 0.3) is 11.8 Å². The summed E-state index contributed by atoms with van der Waals surface area (Å²) >= 11 is 0. The monoisotopic (exact) mass is 670 g/mol. The van der Waals surface area contributed by atoms with Crippen molar-refractivity contribution in [3.63, 3.8) is 0 Å². The molecule has 0 bridgehead atoms. The van der Waals surface area contributed by atoms with Crippen molar-refractivity contribution in [1.29, 1.82) is 0 Å². The van der Waals surface area contributed by atoms with Gasteiger partial charge in [-0.25, -0.2) is 9.48 Å². The van der Waals surface area contributed by atoms with E-state index in [0.29, 0.717) is 42.5 Å². The Bertz CT molecular complexity index is 1630. The third kappa shape index (κ3) is 8.27. The van der Waals surface area contributed by atoms with Crippen LogP contribution in [-0.4, -0.2) is 95.0 Å². The Morgan fingerprint density at radius 2 is 1.75 bits per heavy atom. The average molecular weight is 671 g/mol. The molecule has 258 valence electrons. The van der Waals surface area contributed by atoms with E-state index < -0.39 is 29.3 Å². The second-order valence-corrected chi connectivity index (χ2v) is 12.8. The van der Waals surface area contributed by atoms with Gasteiger partial charge in [0.1, 0.15) is 23.2 Å². The highest BCUT2D eigenvalue weighted by Gasteiger charge is 2.37. The summed E-state index contributed by atoms with van der Waals surface area (Å²) in [6.07, 6.45) is -2.32. The molecule has 3 amide bonds. The topological polar surface area (TPSA) is 109 Å². The van der Waals surface area contributed by atoms with Crippen molar-refractivity contribution in [3.05, 3.63) is 71.4 Å². The minimum atomic E-state index is -4.59. The summed E-state index contributed by atoms with van der Waals surface area (Å²) in [5.74, 6) is 0.0586. The van der Waals surface area contributed by atoms with Gasteiger partial charge in [0.2, 0.25) is 0 Å². The van der Waals surface area contributed by atoms with Gasteiger partial charge in [-0.05, 0) is 64.4 Å². The number of anilines is 1. The predicted molar refractivity (Wildman–Crippen MR) is 172 cm³/mol. The number of carbonyl (C=O) groups is 3. The summed E-state index contributed by atoms with van der Waals surface area (Å²) in [6.45, 7) is 11.7. The maximum absolute atomic E-state index is 13.5. The van der Waals surface area contributed by atoms with Crippen LogP contribution >= 0.6 is 0 Å². The summed E-state index contributed by atoms with van der Waals surface area (Å²) in [6, 6.07) is 10.5. The predicted octanol–water partition coefficient (Wildman–Crippen LogP) is 4.92. The van der Waals surface area contributed by atoms with Crippen molar-refractivity contribution in [2.24, 2.45) is 0 Å². The number of aromatic nitrogens is 2.